The number of likely N-dealkylation sites (tertiary alicyclic amines) is 1. The Morgan fingerprint density at radius 1 is 0.900 bits per heavy atom. The Hall–Kier alpha value is -1.36. The van der Waals surface area contributed by atoms with Crippen molar-refractivity contribution in [1.29, 1.82) is 0 Å². The van der Waals surface area contributed by atoms with E-state index >= 15 is 0 Å². The van der Waals surface area contributed by atoms with Crippen LogP contribution in [-0.4, -0.2) is 136 Å². The van der Waals surface area contributed by atoms with Crippen LogP contribution in [0.4, 0.5) is 0 Å². The molecule has 182 valence electrons. The van der Waals surface area contributed by atoms with Gasteiger partial charge in [0, 0.05) is 11.8 Å². The molecular formula is C15H36N2O11S2+2. The van der Waals surface area contributed by atoms with Crippen LogP contribution in [0.2, 0.25) is 0 Å². The van der Waals surface area contributed by atoms with Crippen molar-refractivity contribution >= 4 is 31.9 Å². The molecule has 0 saturated carbocycles. The normalized spacial score (nSPS) is 20.7. The first-order chi connectivity index (χ1) is 12.2. The van der Waals surface area contributed by atoms with Crippen LogP contribution in [0, 0.1) is 11.8 Å². The van der Waals surface area contributed by atoms with Gasteiger partial charge in [0.2, 0.25) is 0 Å². The predicted molar refractivity (Wildman–Crippen MR) is 109 cm³/mol. The highest BCUT2D eigenvalue weighted by Crippen LogP contribution is 2.29. The monoisotopic (exact) mass is 484 g/mol. The maximum absolute atomic E-state index is 11.7. The lowest BCUT2D eigenvalue weighted by atomic mass is 10.0. The summed E-state index contributed by atoms with van der Waals surface area (Å²) >= 11 is 0. The number of hydrogen-bond acceptors (Lipinski definition) is 6. The van der Waals surface area contributed by atoms with Gasteiger partial charge < -0.3 is 30.1 Å². The van der Waals surface area contributed by atoms with Gasteiger partial charge in [-0.1, -0.05) is 0 Å². The molecule has 1 saturated heterocycles. The van der Waals surface area contributed by atoms with E-state index in [1.807, 2.05) is 35.2 Å². The van der Waals surface area contributed by atoms with Crippen molar-refractivity contribution in [2.24, 2.45) is 11.8 Å². The lowest BCUT2D eigenvalue weighted by Gasteiger charge is -2.23. The number of hydrogen-bond donors (Lipinski definition) is 3. The smallest absolute Gasteiger partial charge is 0.359 e. The maximum Gasteiger partial charge on any atom is 0.359 e. The average molecular weight is 485 g/mol. The fourth-order valence-corrected chi connectivity index (χ4v) is 5.71. The molecule has 7 N–H and O–H groups in total. The topological polar surface area (TPSA) is 226 Å². The van der Waals surface area contributed by atoms with Crippen molar-refractivity contribution in [3.05, 3.63) is 0 Å². The summed E-state index contributed by atoms with van der Waals surface area (Å²) in [7, 11) is 1.21. The van der Waals surface area contributed by atoms with Gasteiger partial charge in [-0.05, 0) is 0 Å². The molecule has 1 aliphatic heterocycles. The molecule has 1 rings (SSSR count). The molecule has 0 aromatic carbocycles. The highest BCUT2D eigenvalue weighted by Gasteiger charge is 2.44. The van der Waals surface area contributed by atoms with Crippen molar-refractivity contribution in [2.45, 2.75) is 0 Å². The number of aliphatic carboxylic acids is 2. The van der Waals surface area contributed by atoms with Crippen LogP contribution in [-0.2, 0) is 29.5 Å². The van der Waals surface area contributed by atoms with Gasteiger partial charge in [0.25, 0.3) is 10.1 Å². The number of likely N-dealkylation sites (N-methyl/N-ethyl adjacent to an activating group) is 1. The predicted octanol–water partition coefficient (Wildman–Crippen LogP) is -3.18. The van der Waals surface area contributed by atoms with Gasteiger partial charge in [0.1, 0.15) is 5.75 Å². The molecule has 2 atom stereocenters. The van der Waals surface area contributed by atoms with E-state index in [1.54, 1.807) is 0 Å². The van der Waals surface area contributed by atoms with Gasteiger partial charge in [0.15, 0.2) is 16.4 Å². The summed E-state index contributed by atoms with van der Waals surface area (Å²) in [4.78, 5) is 20.5. The van der Waals surface area contributed by atoms with E-state index in [0.717, 1.165) is 0 Å². The summed E-state index contributed by atoms with van der Waals surface area (Å²) in [6.45, 7) is 1.03. The van der Waals surface area contributed by atoms with Gasteiger partial charge in [-0.3, -0.25) is 9.35 Å². The van der Waals surface area contributed by atoms with Crippen molar-refractivity contribution in [3.63, 3.8) is 0 Å². The Labute approximate surface area is 177 Å². The SMILES string of the molecule is C[N+](C)(C)CC(=O)O.C[N+]1(C)CC(CS(=O)(=O)O)C(CS(=O)(=O)CC(=O)O)C1.O.O. The minimum Gasteiger partial charge on any atom is -0.480 e. The van der Waals surface area contributed by atoms with Crippen LogP contribution in [0.3, 0.4) is 0 Å². The number of carboxylic acid groups (broad SMARTS) is 2. The number of nitrogens with zero attached hydrogens (tertiary/aromatic N) is 2. The van der Waals surface area contributed by atoms with Crippen LogP contribution in [0.5, 0.6) is 0 Å². The summed E-state index contributed by atoms with van der Waals surface area (Å²) in [6.07, 6.45) is 0. The van der Waals surface area contributed by atoms with Crippen LogP contribution in [0.25, 0.3) is 0 Å². The standard InChI is InChI=1S/C10H19NO7S2.C5H11NO2.2H2O/c1-11(2)3-8(5-19(14,15)7-10(12)13)9(4-11)6-20(16,17)18;1-6(2,3)4-5(7)8;;/h8-9H,3-7H2,1-2H3,(H-,12,13,16,17,18);4H2,1-3H3;2*1H2/p+2. The fraction of sp³-hybridized carbons (Fsp3) is 0.867. The lowest BCUT2D eigenvalue weighted by molar-refractivity contribution is -0.880. The fourth-order valence-electron chi connectivity index (χ4n) is 3.27. The van der Waals surface area contributed by atoms with Crippen molar-refractivity contribution in [3.8, 4) is 0 Å². The quantitative estimate of drug-likeness (QED) is 0.233. The Kier molecular flexibility index (Phi) is 13.2. The van der Waals surface area contributed by atoms with Crippen LogP contribution in [0.1, 0.15) is 0 Å². The summed E-state index contributed by atoms with van der Waals surface area (Å²) in [5.74, 6) is -4.99. The van der Waals surface area contributed by atoms with E-state index < -0.39 is 55.2 Å². The number of carboxylic acids is 2. The molecule has 1 heterocycles. The van der Waals surface area contributed by atoms with E-state index in [4.69, 9.17) is 14.8 Å². The minimum absolute atomic E-state index is 0. The lowest BCUT2D eigenvalue weighted by Crippen LogP contribution is -2.39. The molecule has 2 unspecified atom stereocenters. The van der Waals surface area contributed by atoms with E-state index in [2.05, 4.69) is 0 Å². The largest absolute Gasteiger partial charge is 0.480 e. The zero-order chi connectivity index (χ0) is 22.6. The average Bonchev–Trinajstić information content (AvgIpc) is 2.55. The second-order valence-electron chi connectivity index (χ2n) is 8.86. The van der Waals surface area contributed by atoms with Gasteiger partial charge in [-0.2, -0.15) is 8.42 Å². The van der Waals surface area contributed by atoms with Crippen molar-refractivity contribution in [1.82, 2.24) is 0 Å². The molecule has 0 bridgehead atoms. The molecule has 30 heavy (non-hydrogen) atoms. The minimum atomic E-state index is -4.19. The number of rotatable bonds is 8. The molecular weight excluding hydrogens is 448 g/mol. The summed E-state index contributed by atoms with van der Waals surface area (Å²) in [5, 5.41) is 16.8. The first-order valence-electron chi connectivity index (χ1n) is 8.43. The van der Waals surface area contributed by atoms with E-state index in [9.17, 15) is 26.4 Å². The highest BCUT2D eigenvalue weighted by atomic mass is 32.2. The molecule has 0 aromatic heterocycles. The number of sulfone groups is 1. The van der Waals surface area contributed by atoms with Gasteiger partial charge in [-0.15, -0.1) is 0 Å². The number of quaternary nitrogens is 2. The Morgan fingerprint density at radius 2 is 1.30 bits per heavy atom. The highest BCUT2D eigenvalue weighted by molar-refractivity contribution is 7.92. The third-order valence-electron chi connectivity index (χ3n) is 3.97. The molecule has 1 aliphatic rings. The molecule has 0 aromatic rings. The van der Waals surface area contributed by atoms with E-state index in [0.29, 0.717) is 22.1 Å². The molecule has 15 heteroatoms. The first kappa shape index (κ1) is 33.3. The molecule has 0 aliphatic carbocycles. The molecule has 1 fully saturated rings. The second kappa shape index (κ2) is 11.9. The Bertz CT molecular complexity index is 771. The third-order valence-corrected chi connectivity index (χ3v) is 6.44. The molecule has 0 radical (unpaired) electrons. The Morgan fingerprint density at radius 3 is 1.57 bits per heavy atom. The molecule has 0 spiro atoms. The van der Waals surface area contributed by atoms with Gasteiger partial charge >= 0.3 is 11.9 Å². The second-order valence-corrected chi connectivity index (χ2v) is 12.5. The molecule has 13 nitrogen and oxygen atoms in total. The number of carbonyl (C=O) groups is 2. The van der Waals surface area contributed by atoms with Crippen LogP contribution < -0.4 is 0 Å². The first-order valence-corrected chi connectivity index (χ1v) is 11.9. The van der Waals surface area contributed by atoms with Crippen molar-refractivity contribution < 1.29 is 61.1 Å². The van der Waals surface area contributed by atoms with Gasteiger partial charge in [0.05, 0.1) is 59.8 Å². The van der Waals surface area contributed by atoms with E-state index in [-0.39, 0.29) is 23.2 Å². The zero-order valence-electron chi connectivity index (χ0n) is 17.9. The summed E-state index contributed by atoms with van der Waals surface area (Å²) < 4.78 is 55.3. The third kappa shape index (κ3) is 16.4. The van der Waals surface area contributed by atoms with Crippen LogP contribution >= 0.6 is 0 Å². The van der Waals surface area contributed by atoms with Gasteiger partial charge in [-0.25, -0.2) is 13.2 Å². The summed E-state index contributed by atoms with van der Waals surface area (Å²) in [6, 6.07) is 0. The molecule has 0 amide bonds. The maximum atomic E-state index is 11.7. The van der Waals surface area contributed by atoms with Crippen molar-refractivity contribution in [2.75, 3.05) is 72.1 Å². The summed E-state index contributed by atoms with van der Waals surface area (Å²) in [5.41, 5.74) is 0. The van der Waals surface area contributed by atoms with E-state index in [1.165, 1.54) is 0 Å². The zero-order valence-corrected chi connectivity index (χ0v) is 19.5. The Balaban J connectivity index is -0.000000626. The van der Waals surface area contributed by atoms with Crippen LogP contribution in [0.15, 0.2) is 0 Å².